The summed E-state index contributed by atoms with van der Waals surface area (Å²) in [6.07, 6.45) is 0.693. The maximum atomic E-state index is 13.9. The van der Waals surface area contributed by atoms with Crippen LogP contribution in [0.1, 0.15) is 77.6 Å². The number of nitrogens with one attached hydrogen (secondary N) is 2. The number of rotatable bonds is 9. The van der Waals surface area contributed by atoms with Crippen LogP contribution in [0, 0.1) is 13.8 Å². The summed E-state index contributed by atoms with van der Waals surface area (Å²) in [5.41, 5.74) is 3.05. The van der Waals surface area contributed by atoms with Crippen molar-refractivity contribution in [1.29, 1.82) is 0 Å². The Hall–Kier alpha value is -3.39. The number of esters is 1. The summed E-state index contributed by atoms with van der Waals surface area (Å²) in [6, 6.07) is 6.96. The van der Waals surface area contributed by atoms with Gasteiger partial charge in [0.15, 0.2) is 0 Å². The largest absolute Gasteiger partial charge is 0.872 e. The summed E-state index contributed by atoms with van der Waals surface area (Å²) in [4.78, 5) is 44.5. The lowest BCUT2D eigenvalue weighted by Gasteiger charge is -2.28. The fourth-order valence-corrected chi connectivity index (χ4v) is 4.75. The molecule has 8 nitrogen and oxygen atoms in total. The normalized spacial score (nSPS) is 17.5. The van der Waals surface area contributed by atoms with Gasteiger partial charge < -0.3 is 24.6 Å². The molecule has 3 rings (SSSR count). The van der Waals surface area contributed by atoms with Gasteiger partial charge in [0.1, 0.15) is 5.69 Å². The van der Waals surface area contributed by atoms with Crippen LogP contribution in [0.25, 0.3) is 5.76 Å². The molecule has 36 heavy (non-hydrogen) atoms. The molecule has 0 bridgehead atoms. The Balaban J connectivity index is 2.16. The number of ketones is 1. The Morgan fingerprint density at radius 1 is 1.17 bits per heavy atom. The molecular weight excluding hydrogens is 458 g/mol. The topological polar surface area (TPSA) is 107 Å². The number of benzene rings is 1. The fraction of sp³-hybridized carbons (Fsp3) is 0.464. The number of aryl methyl sites for hydroxylation is 1. The van der Waals surface area contributed by atoms with Gasteiger partial charge in [0.25, 0.3) is 5.91 Å². The average molecular weight is 496 g/mol. The fourth-order valence-electron chi connectivity index (χ4n) is 4.75. The minimum absolute atomic E-state index is 0.0740. The van der Waals surface area contributed by atoms with Crippen molar-refractivity contribution in [2.24, 2.45) is 0 Å². The third-order valence-electron chi connectivity index (χ3n) is 6.67. The van der Waals surface area contributed by atoms with Gasteiger partial charge in [-0.05, 0) is 48.9 Å². The van der Waals surface area contributed by atoms with Crippen LogP contribution in [0.5, 0.6) is 0 Å². The molecule has 1 amide bonds. The smallest absolute Gasteiger partial charge is 0.355 e. The second-order valence-electron chi connectivity index (χ2n) is 9.95. The van der Waals surface area contributed by atoms with E-state index >= 15 is 0 Å². The van der Waals surface area contributed by atoms with E-state index in [0.29, 0.717) is 30.1 Å². The molecule has 1 aliphatic rings. The van der Waals surface area contributed by atoms with Crippen LogP contribution in [0.4, 0.5) is 0 Å². The number of aromatic amines is 1. The number of carbonyl (C=O) groups is 3. The second kappa shape index (κ2) is 11.1. The van der Waals surface area contributed by atoms with Gasteiger partial charge in [-0.25, -0.2) is 4.79 Å². The van der Waals surface area contributed by atoms with E-state index in [2.05, 4.69) is 18.8 Å². The van der Waals surface area contributed by atoms with E-state index in [0.717, 1.165) is 17.7 Å². The number of H-pyrrole nitrogens is 1. The van der Waals surface area contributed by atoms with Gasteiger partial charge in [-0.3, -0.25) is 9.59 Å². The number of quaternary nitrogens is 1. The highest BCUT2D eigenvalue weighted by atomic mass is 16.5. The number of ether oxygens (including phenoxy) is 1. The van der Waals surface area contributed by atoms with Crippen molar-refractivity contribution in [3.63, 3.8) is 0 Å². The van der Waals surface area contributed by atoms with Crippen LogP contribution in [-0.2, 0) is 14.3 Å². The SMILES string of the molecule is CCOC(=O)c1[nH]c(C)c(C([O-])=C2C(=O)C(=O)N(CCC[NH+](C)C)C2c2ccc(C(C)C)cc2)c1C. The van der Waals surface area contributed by atoms with Crippen molar-refractivity contribution in [3.05, 3.63) is 63.5 Å². The molecule has 2 N–H and O–H groups in total. The molecule has 1 unspecified atom stereocenters. The van der Waals surface area contributed by atoms with Crippen molar-refractivity contribution >= 4 is 23.4 Å². The zero-order valence-corrected chi connectivity index (χ0v) is 22.3. The highest BCUT2D eigenvalue weighted by Crippen LogP contribution is 2.40. The van der Waals surface area contributed by atoms with Crippen LogP contribution in [0.3, 0.4) is 0 Å². The lowest BCUT2D eigenvalue weighted by atomic mass is 9.92. The van der Waals surface area contributed by atoms with Crippen LogP contribution in [0.15, 0.2) is 29.8 Å². The highest BCUT2D eigenvalue weighted by Gasteiger charge is 2.44. The Bertz CT molecular complexity index is 1170. The molecule has 0 aliphatic carbocycles. The van der Waals surface area contributed by atoms with Crippen LogP contribution in [0.2, 0.25) is 0 Å². The zero-order chi connectivity index (χ0) is 26.7. The molecule has 1 atom stereocenters. The summed E-state index contributed by atoms with van der Waals surface area (Å²) < 4.78 is 5.10. The standard InChI is InChI=1S/C28H37N3O5/c1-8-36-28(35)23-17(4)21(18(5)29-23)25(32)22-24(20-12-10-19(11-13-20)16(2)3)31(27(34)26(22)33)15-9-14-30(6)7/h10-13,16,24,29,32H,8-9,14-15H2,1-7H3. The first-order valence-electron chi connectivity index (χ1n) is 12.5. The predicted octanol–water partition coefficient (Wildman–Crippen LogP) is 1.69. The second-order valence-corrected chi connectivity index (χ2v) is 9.95. The van der Waals surface area contributed by atoms with Gasteiger partial charge >= 0.3 is 5.97 Å². The lowest BCUT2D eigenvalue weighted by Crippen LogP contribution is -3.05. The molecule has 0 radical (unpaired) electrons. The van der Waals surface area contributed by atoms with Crippen molar-refractivity contribution < 1.29 is 29.1 Å². The minimum atomic E-state index is -0.784. The van der Waals surface area contributed by atoms with Gasteiger partial charge in [-0.15, -0.1) is 0 Å². The summed E-state index contributed by atoms with van der Waals surface area (Å²) in [6.45, 7) is 10.6. The number of nitrogens with zero attached hydrogens (tertiary/aromatic N) is 1. The molecule has 1 aromatic heterocycles. The summed E-state index contributed by atoms with van der Waals surface area (Å²) in [5, 5.41) is 13.9. The molecule has 2 heterocycles. The van der Waals surface area contributed by atoms with Gasteiger partial charge in [0.2, 0.25) is 5.78 Å². The number of aromatic nitrogens is 1. The molecule has 1 aromatic carbocycles. The number of amides is 1. The maximum absolute atomic E-state index is 13.9. The molecule has 1 fully saturated rings. The van der Waals surface area contributed by atoms with Crippen molar-refractivity contribution in [2.75, 3.05) is 33.8 Å². The molecule has 1 saturated heterocycles. The van der Waals surface area contributed by atoms with Gasteiger partial charge in [-0.1, -0.05) is 43.9 Å². The minimum Gasteiger partial charge on any atom is -0.872 e. The third kappa shape index (κ3) is 5.23. The molecule has 1 aliphatic heterocycles. The number of hydrogen-bond acceptors (Lipinski definition) is 5. The maximum Gasteiger partial charge on any atom is 0.355 e. The van der Waals surface area contributed by atoms with Crippen molar-refractivity contribution in [3.8, 4) is 0 Å². The van der Waals surface area contributed by atoms with E-state index in [-0.39, 0.29) is 23.4 Å². The first-order valence-corrected chi connectivity index (χ1v) is 12.5. The van der Waals surface area contributed by atoms with Gasteiger partial charge in [-0.2, -0.15) is 0 Å². The van der Waals surface area contributed by atoms with Gasteiger partial charge in [0, 0.05) is 24.2 Å². The molecule has 8 heteroatoms. The number of Topliss-reactive ketones (excluding diaryl/α,β-unsaturated/α-hetero) is 1. The summed E-state index contributed by atoms with van der Waals surface area (Å²) in [5.74, 6) is -2.23. The molecule has 0 saturated carbocycles. The number of likely N-dealkylation sites (tertiary alicyclic amines) is 1. The van der Waals surface area contributed by atoms with E-state index in [1.165, 1.54) is 9.80 Å². The Morgan fingerprint density at radius 2 is 1.81 bits per heavy atom. The Morgan fingerprint density at radius 3 is 2.36 bits per heavy atom. The van der Waals surface area contributed by atoms with E-state index in [1.54, 1.807) is 20.8 Å². The highest BCUT2D eigenvalue weighted by molar-refractivity contribution is 6.46. The Kier molecular flexibility index (Phi) is 8.40. The third-order valence-corrected chi connectivity index (χ3v) is 6.67. The first kappa shape index (κ1) is 27.2. The van der Waals surface area contributed by atoms with Gasteiger partial charge in [0.05, 0.1) is 33.3 Å². The van der Waals surface area contributed by atoms with E-state index in [4.69, 9.17) is 4.74 Å². The number of hydrogen-bond donors (Lipinski definition) is 2. The lowest BCUT2D eigenvalue weighted by molar-refractivity contribution is -0.858. The van der Waals surface area contributed by atoms with E-state index in [9.17, 15) is 19.5 Å². The molecule has 194 valence electrons. The Labute approximate surface area is 212 Å². The number of carbonyl (C=O) groups excluding carboxylic acids is 3. The van der Waals surface area contributed by atoms with Crippen LogP contribution >= 0.6 is 0 Å². The molecular formula is C28H37N3O5. The summed E-state index contributed by atoms with van der Waals surface area (Å²) >= 11 is 0. The summed E-state index contributed by atoms with van der Waals surface area (Å²) in [7, 11) is 4.05. The average Bonchev–Trinajstić information content (AvgIpc) is 3.26. The van der Waals surface area contributed by atoms with E-state index in [1.807, 2.05) is 38.4 Å². The van der Waals surface area contributed by atoms with Crippen molar-refractivity contribution in [2.45, 2.75) is 53.0 Å². The molecule has 2 aromatic rings. The van der Waals surface area contributed by atoms with Crippen LogP contribution in [-0.4, -0.2) is 61.3 Å². The van der Waals surface area contributed by atoms with Crippen molar-refractivity contribution in [1.82, 2.24) is 9.88 Å². The molecule has 0 spiro atoms. The van der Waals surface area contributed by atoms with E-state index < -0.39 is 29.5 Å². The predicted molar refractivity (Wildman–Crippen MR) is 135 cm³/mol. The quantitative estimate of drug-likeness (QED) is 0.238. The van der Waals surface area contributed by atoms with Crippen LogP contribution < -0.4 is 10.0 Å². The monoisotopic (exact) mass is 495 g/mol. The first-order chi connectivity index (χ1) is 17.0. The zero-order valence-electron chi connectivity index (χ0n) is 22.3.